The van der Waals surface area contributed by atoms with E-state index in [-0.39, 0.29) is 5.69 Å². The summed E-state index contributed by atoms with van der Waals surface area (Å²) in [4.78, 5) is 27.9. The lowest BCUT2D eigenvalue weighted by atomic mass is 10.1. The number of benzene rings is 1. The van der Waals surface area contributed by atoms with Crippen LogP contribution in [-0.2, 0) is 0 Å². The molecule has 0 amide bonds. The van der Waals surface area contributed by atoms with Gasteiger partial charge >= 0.3 is 0 Å². The summed E-state index contributed by atoms with van der Waals surface area (Å²) in [7, 11) is 0. The third-order valence-electron chi connectivity index (χ3n) is 5.27. The van der Waals surface area contributed by atoms with Crippen molar-refractivity contribution in [2.24, 2.45) is 0 Å². The molecular weight excluding hydrogens is 385 g/mol. The van der Waals surface area contributed by atoms with Crippen molar-refractivity contribution in [1.82, 2.24) is 24.6 Å². The molecule has 0 radical (unpaired) electrons. The maximum atomic E-state index is 14.4. The van der Waals surface area contributed by atoms with Crippen molar-refractivity contribution in [2.75, 3.05) is 36.0 Å². The van der Waals surface area contributed by atoms with Crippen LogP contribution in [0.1, 0.15) is 5.69 Å². The van der Waals surface area contributed by atoms with Gasteiger partial charge in [-0.15, -0.1) is 0 Å². The lowest BCUT2D eigenvalue weighted by Crippen LogP contribution is -2.48. The molecule has 0 aliphatic carbocycles. The zero-order valence-electron chi connectivity index (χ0n) is 16.4. The minimum Gasteiger partial charge on any atom is -0.351 e. The van der Waals surface area contributed by atoms with Gasteiger partial charge in [0.2, 0.25) is 11.8 Å². The number of nitrogens with zero attached hydrogens (tertiary/aromatic N) is 6. The van der Waals surface area contributed by atoms with E-state index < -0.39 is 11.4 Å². The Morgan fingerprint density at radius 1 is 1.07 bits per heavy atom. The van der Waals surface area contributed by atoms with Crippen molar-refractivity contribution in [1.29, 1.82) is 0 Å². The van der Waals surface area contributed by atoms with E-state index in [4.69, 9.17) is 0 Å². The van der Waals surface area contributed by atoms with Crippen LogP contribution in [0.5, 0.6) is 0 Å². The number of aromatic nitrogens is 5. The van der Waals surface area contributed by atoms with Gasteiger partial charge in [-0.05, 0) is 13.0 Å². The number of halogens is 1. The van der Waals surface area contributed by atoms with Crippen molar-refractivity contribution in [3.05, 3.63) is 70.7 Å². The predicted octanol–water partition coefficient (Wildman–Crippen LogP) is 2.25. The van der Waals surface area contributed by atoms with Gasteiger partial charge in [0.15, 0.2) is 5.82 Å². The van der Waals surface area contributed by atoms with E-state index in [9.17, 15) is 9.18 Å². The summed E-state index contributed by atoms with van der Waals surface area (Å²) in [6.45, 7) is 4.59. The Hall–Kier alpha value is -3.75. The first-order chi connectivity index (χ1) is 14.6. The Bertz CT molecular complexity index is 1260. The first kappa shape index (κ1) is 18.3. The Balaban J connectivity index is 1.41. The summed E-state index contributed by atoms with van der Waals surface area (Å²) < 4.78 is 16.2. The minimum atomic E-state index is -0.865. The van der Waals surface area contributed by atoms with Crippen molar-refractivity contribution in [3.63, 3.8) is 0 Å². The molecule has 152 valence electrons. The number of piperazine rings is 1. The fourth-order valence-corrected chi connectivity index (χ4v) is 3.79. The number of hydrogen-bond donors (Lipinski definition) is 1. The van der Waals surface area contributed by atoms with E-state index in [2.05, 4.69) is 25.0 Å². The van der Waals surface area contributed by atoms with Crippen LogP contribution in [-0.4, -0.2) is 50.7 Å². The molecular formula is C21H20FN7O. The number of anilines is 2. The average molecular weight is 405 g/mol. The SMILES string of the molecule is Cc1cc2c(N3CCN(c4nc(-c5ccccc5)c(F)c(=O)[nH]4)CC3)nccn2n1. The molecule has 8 nitrogen and oxygen atoms in total. The highest BCUT2D eigenvalue weighted by molar-refractivity contribution is 5.69. The van der Waals surface area contributed by atoms with E-state index >= 15 is 0 Å². The Morgan fingerprint density at radius 2 is 1.80 bits per heavy atom. The Morgan fingerprint density at radius 3 is 2.57 bits per heavy atom. The number of H-pyrrole nitrogens is 1. The standard InChI is InChI=1S/C21H20FN7O/c1-14-13-16-19(23-7-8-29(16)26-14)27-9-11-28(12-10-27)21-24-18(17(22)20(30)25-21)15-5-3-2-4-6-15/h2-8,13H,9-12H2,1H3,(H,24,25,30). The lowest BCUT2D eigenvalue weighted by Gasteiger charge is -2.35. The molecule has 4 aromatic rings. The van der Waals surface area contributed by atoms with Crippen LogP contribution in [0.3, 0.4) is 0 Å². The summed E-state index contributed by atoms with van der Waals surface area (Å²) in [5.41, 5.74) is 1.78. The largest absolute Gasteiger partial charge is 0.351 e. The van der Waals surface area contributed by atoms with Crippen molar-refractivity contribution in [2.45, 2.75) is 6.92 Å². The van der Waals surface area contributed by atoms with Crippen LogP contribution >= 0.6 is 0 Å². The van der Waals surface area contributed by atoms with Crippen LogP contribution < -0.4 is 15.4 Å². The Labute approximate surface area is 171 Å². The van der Waals surface area contributed by atoms with Crippen LogP contribution in [0.2, 0.25) is 0 Å². The van der Waals surface area contributed by atoms with Crippen LogP contribution in [0.4, 0.5) is 16.2 Å². The second-order valence-corrected chi connectivity index (χ2v) is 7.26. The number of hydrogen-bond acceptors (Lipinski definition) is 6. The second kappa shape index (κ2) is 7.25. The van der Waals surface area contributed by atoms with Crippen molar-refractivity contribution in [3.8, 4) is 11.3 Å². The number of aromatic amines is 1. The van der Waals surface area contributed by atoms with Gasteiger partial charge in [0.25, 0.3) is 5.56 Å². The first-order valence-corrected chi connectivity index (χ1v) is 9.76. The van der Waals surface area contributed by atoms with E-state index in [0.717, 1.165) is 17.0 Å². The number of rotatable bonds is 3. The molecule has 1 saturated heterocycles. The fourth-order valence-electron chi connectivity index (χ4n) is 3.79. The molecule has 0 atom stereocenters. The van der Waals surface area contributed by atoms with E-state index in [0.29, 0.717) is 37.7 Å². The molecule has 1 aliphatic heterocycles. The topological polar surface area (TPSA) is 82.4 Å². The molecule has 1 fully saturated rings. The van der Waals surface area contributed by atoms with Gasteiger partial charge in [-0.3, -0.25) is 9.78 Å². The fraction of sp³-hybridized carbons (Fsp3) is 0.238. The molecule has 3 aromatic heterocycles. The van der Waals surface area contributed by atoms with Crippen molar-refractivity contribution < 1.29 is 4.39 Å². The molecule has 5 rings (SSSR count). The van der Waals surface area contributed by atoms with Crippen molar-refractivity contribution >= 4 is 17.3 Å². The Kier molecular flexibility index (Phi) is 4.42. The highest BCUT2D eigenvalue weighted by atomic mass is 19.1. The van der Waals surface area contributed by atoms with E-state index in [1.807, 2.05) is 34.7 Å². The van der Waals surface area contributed by atoms with Gasteiger partial charge < -0.3 is 9.80 Å². The lowest BCUT2D eigenvalue weighted by molar-refractivity contribution is 0.594. The molecule has 9 heteroatoms. The molecule has 1 aromatic carbocycles. The van der Waals surface area contributed by atoms with Crippen LogP contribution in [0.15, 0.2) is 53.6 Å². The first-order valence-electron chi connectivity index (χ1n) is 9.76. The van der Waals surface area contributed by atoms with Gasteiger partial charge in [0.05, 0.1) is 5.69 Å². The molecule has 0 spiro atoms. The summed E-state index contributed by atoms with van der Waals surface area (Å²) in [6, 6.07) is 10.9. The average Bonchev–Trinajstić information content (AvgIpc) is 3.16. The third kappa shape index (κ3) is 3.18. The molecule has 1 aliphatic rings. The third-order valence-corrected chi connectivity index (χ3v) is 5.27. The number of fused-ring (bicyclic) bond motifs is 1. The monoisotopic (exact) mass is 405 g/mol. The van der Waals surface area contributed by atoms with Crippen LogP contribution in [0, 0.1) is 12.7 Å². The van der Waals surface area contributed by atoms with E-state index in [1.165, 1.54) is 0 Å². The minimum absolute atomic E-state index is 0.0675. The maximum absolute atomic E-state index is 14.4. The highest BCUT2D eigenvalue weighted by Gasteiger charge is 2.23. The van der Waals surface area contributed by atoms with E-state index in [1.54, 1.807) is 30.5 Å². The summed E-state index contributed by atoms with van der Waals surface area (Å²) >= 11 is 0. The molecule has 4 heterocycles. The maximum Gasteiger partial charge on any atom is 0.289 e. The normalized spacial score (nSPS) is 14.5. The predicted molar refractivity (Wildman–Crippen MR) is 112 cm³/mol. The zero-order chi connectivity index (χ0) is 20.7. The van der Waals surface area contributed by atoms with Gasteiger partial charge in [-0.2, -0.15) is 9.49 Å². The number of nitrogens with one attached hydrogen (secondary N) is 1. The molecule has 0 saturated carbocycles. The second-order valence-electron chi connectivity index (χ2n) is 7.26. The summed E-state index contributed by atoms with van der Waals surface area (Å²) in [6.07, 6.45) is 3.58. The quantitative estimate of drug-likeness (QED) is 0.563. The van der Waals surface area contributed by atoms with Gasteiger partial charge in [-0.25, -0.2) is 14.5 Å². The number of aryl methyl sites for hydroxylation is 1. The highest BCUT2D eigenvalue weighted by Crippen LogP contribution is 2.24. The van der Waals surface area contributed by atoms with Gasteiger partial charge in [0, 0.05) is 44.1 Å². The molecule has 1 N–H and O–H groups in total. The molecule has 30 heavy (non-hydrogen) atoms. The van der Waals surface area contributed by atoms with Crippen LogP contribution in [0.25, 0.3) is 16.8 Å². The smallest absolute Gasteiger partial charge is 0.289 e. The molecule has 0 unspecified atom stereocenters. The van der Waals surface area contributed by atoms with Gasteiger partial charge in [-0.1, -0.05) is 30.3 Å². The molecule has 0 bridgehead atoms. The zero-order valence-corrected chi connectivity index (χ0v) is 16.4. The summed E-state index contributed by atoms with van der Waals surface area (Å²) in [5, 5.41) is 4.44. The summed E-state index contributed by atoms with van der Waals surface area (Å²) in [5.74, 6) is 0.394. The van der Waals surface area contributed by atoms with Gasteiger partial charge in [0.1, 0.15) is 11.2 Å².